The second-order valence-corrected chi connectivity index (χ2v) is 7.44. The Morgan fingerprint density at radius 3 is 2.74 bits per heavy atom. The molecule has 1 fully saturated rings. The first-order valence-electron chi connectivity index (χ1n) is 6.74. The Kier molecular flexibility index (Phi) is 4.61. The number of hydrogen-bond donors (Lipinski definition) is 1. The van der Waals surface area contributed by atoms with Crippen molar-refractivity contribution < 1.29 is 9.59 Å². The van der Waals surface area contributed by atoms with Gasteiger partial charge >= 0.3 is 0 Å². The summed E-state index contributed by atoms with van der Waals surface area (Å²) < 4.78 is 0.319. The van der Waals surface area contributed by atoms with Crippen molar-refractivity contribution in [3.8, 4) is 0 Å². The average Bonchev–Trinajstić information content (AvgIpc) is 3.12. The fourth-order valence-electron chi connectivity index (χ4n) is 2.06. The Morgan fingerprint density at radius 2 is 2.04 bits per heavy atom. The average molecular weight is 360 g/mol. The summed E-state index contributed by atoms with van der Waals surface area (Å²) in [4.78, 5) is 26.2. The van der Waals surface area contributed by atoms with Gasteiger partial charge in [0.05, 0.1) is 4.91 Å². The number of hydrazine groups is 1. The lowest BCUT2D eigenvalue weighted by atomic mass is 10.1. The number of thioether (sulfide) groups is 1. The smallest absolute Gasteiger partial charge is 0.267 e. The van der Waals surface area contributed by atoms with Crippen molar-refractivity contribution in [1.82, 2.24) is 10.4 Å². The third kappa shape index (κ3) is 3.36. The van der Waals surface area contributed by atoms with E-state index < -0.39 is 0 Å². The number of nitrogens with zero attached hydrogens (tertiary/aromatic N) is 1. The number of aryl methyl sites for hydroxylation is 1. The second kappa shape index (κ2) is 6.66. The van der Waals surface area contributed by atoms with E-state index in [2.05, 4.69) is 5.43 Å². The highest BCUT2D eigenvalue weighted by molar-refractivity contribution is 8.26. The van der Waals surface area contributed by atoms with Crippen molar-refractivity contribution in [2.45, 2.75) is 6.92 Å². The van der Waals surface area contributed by atoms with Gasteiger partial charge in [0, 0.05) is 10.4 Å². The van der Waals surface area contributed by atoms with E-state index in [1.165, 1.54) is 23.1 Å². The molecule has 1 aliphatic heterocycles. The largest absolute Gasteiger partial charge is 0.285 e. The summed E-state index contributed by atoms with van der Waals surface area (Å²) in [5, 5.41) is 3.07. The van der Waals surface area contributed by atoms with Gasteiger partial charge in [0.15, 0.2) is 4.32 Å². The standard InChI is InChI=1S/C16H12N2O2S3/c1-10-5-2-3-7-12(10)14(19)17-18-15(20)13(23-16(18)21)9-11-6-4-8-22-11/h2-9H,1H3,(H,17,19)/b13-9-. The van der Waals surface area contributed by atoms with Crippen molar-refractivity contribution in [2.75, 3.05) is 0 Å². The van der Waals surface area contributed by atoms with Crippen molar-refractivity contribution in [3.05, 3.63) is 62.7 Å². The summed E-state index contributed by atoms with van der Waals surface area (Å²) in [6.45, 7) is 1.84. The first-order valence-corrected chi connectivity index (χ1v) is 8.85. The third-order valence-corrected chi connectivity index (χ3v) is 5.33. The molecular weight excluding hydrogens is 348 g/mol. The molecule has 1 aliphatic rings. The van der Waals surface area contributed by atoms with Crippen LogP contribution in [0.5, 0.6) is 0 Å². The molecule has 4 nitrogen and oxygen atoms in total. The zero-order chi connectivity index (χ0) is 16.4. The molecule has 0 aliphatic carbocycles. The summed E-state index contributed by atoms with van der Waals surface area (Å²) in [5.41, 5.74) is 3.95. The van der Waals surface area contributed by atoms with Gasteiger partial charge in [-0.05, 0) is 48.3 Å². The molecule has 23 heavy (non-hydrogen) atoms. The van der Waals surface area contributed by atoms with Crippen molar-refractivity contribution >= 4 is 57.5 Å². The number of carbonyl (C=O) groups is 2. The summed E-state index contributed by atoms with van der Waals surface area (Å²) >= 11 is 7.93. The number of hydrogen-bond acceptors (Lipinski definition) is 5. The number of thiophene rings is 1. The minimum absolute atomic E-state index is 0.310. The Balaban J connectivity index is 1.79. The van der Waals surface area contributed by atoms with Crippen LogP contribution in [0.2, 0.25) is 0 Å². The summed E-state index contributed by atoms with van der Waals surface area (Å²) in [6.07, 6.45) is 1.78. The highest BCUT2D eigenvalue weighted by Gasteiger charge is 2.34. The van der Waals surface area contributed by atoms with E-state index in [4.69, 9.17) is 12.2 Å². The zero-order valence-electron chi connectivity index (χ0n) is 12.1. The molecule has 0 radical (unpaired) electrons. The monoisotopic (exact) mass is 360 g/mol. The fraction of sp³-hybridized carbons (Fsp3) is 0.0625. The molecule has 0 saturated carbocycles. The van der Waals surface area contributed by atoms with Crippen LogP contribution in [0, 0.1) is 6.92 Å². The van der Waals surface area contributed by atoms with E-state index in [-0.39, 0.29) is 11.8 Å². The highest BCUT2D eigenvalue weighted by Crippen LogP contribution is 2.32. The van der Waals surface area contributed by atoms with E-state index in [1.807, 2.05) is 36.6 Å². The van der Waals surface area contributed by atoms with Gasteiger partial charge in [-0.3, -0.25) is 15.0 Å². The molecule has 1 aromatic heterocycles. The lowest BCUT2D eigenvalue weighted by molar-refractivity contribution is -0.123. The predicted molar refractivity (Wildman–Crippen MR) is 98.0 cm³/mol. The van der Waals surface area contributed by atoms with Crippen LogP contribution in [-0.4, -0.2) is 21.1 Å². The molecular formula is C16H12N2O2S3. The second-order valence-electron chi connectivity index (χ2n) is 4.79. The van der Waals surface area contributed by atoms with Crippen LogP contribution in [0.1, 0.15) is 20.8 Å². The van der Waals surface area contributed by atoms with Crippen molar-refractivity contribution in [1.29, 1.82) is 0 Å². The number of amides is 2. The molecule has 0 unspecified atom stereocenters. The Bertz CT molecular complexity index is 812. The molecule has 7 heteroatoms. The first-order chi connectivity index (χ1) is 11.1. The van der Waals surface area contributed by atoms with E-state index in [0.29, 0.717) is 14.8 Å². The Hall–Kier alpha value is -1.96. The van der Waals surface area contributed by atoms with Gasteiger partial charge in [-0.1, -0.05) is 36.0 Å². The van der Waals surface area contributed by atoms with Gasteiger partial charge in [-0.15, -0.1) is 11.3 Å². The summed E-state index contributed by atoms with van der Waals surface area (Å²) in [5.74, 6) is -0.660. The number of thiocarbonyl (C=S) groups is 1. The number of benzene rings is 1. The lowest BCUT2D eigenvalue weighted by Gasteiger charge is -2.16. The van der Waals surface area contributed by atoms with E-state index >= 15 is 0 Å². The molecule has 0 spiro atoms. The van der Waals surface area contributed by atoms with Crippen LogP contribution < -0.4 is 5.43 Å². The van der Waals surface area contributed by atoms with Crippen LogP contribution in [0.25, 0.3) is 6.08 Å². The van der Waals surface area contributed by atoms with Crippen molar-refractivity contribution in [3.63, 3.8) is 0 Å². The molecule has 2 aromatic rings. The van der Waals surface area contributed by atoms with Gasteiger partial charge in [-0.2, -0.15) is 5.01 Å². The number of carbonyl (C=O) groups excluding carboxylic acids is 2. The topological polar surface area (TPSA) is 49.4 Å². The minimum Gasteiger partial charge on any atom is -0.267 e. The molecule has 1 saturated heterocycles. The van der Waals surface area contributed by atoms with Gasteiger partial charge in [0.1, 0.15) is 0 Å². The quantitative estimate of drug-likeness (QED) is 0.671. The maximum atomic E-state index is 12.4. The molecule has 3 rings (SSSR count). The zero-order valence-corrected chi connectivity index (χ0v) is 14.6. The molecule has 1 N–H and O–H groups in total. The molecule has 0 bridgehead atoms. The van der Waals surface area contributed by atoms with Crippen LogP contribution >= 0.6 is 35.3 Å². The molecule has 116 valence electrons. The fourth-order valence-corrected chi connectivity index (χ4v) is 3.96. The normalized spacial score (nSPS) is 16.2. The lowest BCUT2D eigenvalue weighted by Crippen LogP contribution is -2.45. The molecule has 2 heterocycles. The van der Waals surface area contributed by atoms with Gasteiger partial charge < -0.3 is 0 Å². The number of nitrogens with one attached hydrogen (secondary N) is 1. The molecule has 2 amide bonds. The van der Waals surface area contributed by atoms with Crippen LogP contribution in [0.4, 0.5) is 0 Å². The number of rotatable bonds is 3. The Morgan fingerprint density at radius 1 is 1.26 bits per heavy atom. The third-order valence-electron chi connectivity index (χ3n) is 3.21. The summed E-state index contributed by atoms with van der Waals surface area (Å²) in [6, 6.07) is 11.0. The predicted octanol–water partition coefficient (Wildman–Crippen LogP) is 3.60. The van der Waals surface area contributed by atoms with Crippen LogP contribution in [-0.2, 0) is 4.79 Å². The van der Waals surface area contributed by atoms with Crippen molar-refractivity contribution in [2.24, 2.45) is 0 Å². The SMILES string of the molecule is Cc1ccccc1C(=O)NN1C(=O)/C(=C/c2cccs2)SC1=S. The van der Waals surface area contributed by atoms with Crippen LogP contribution in [0.15, 0.2) is 46.7 Å². The van der Waals surface area contributed by atoms with Crippen LogP contribution in [0.3, 0.4) is 0 Å². The summed E-state index contributed by atoms with van der Waals surface area (Å²) in [7, 11) is 0. The first kappa shape index (κ1) is 15.9. The van der Waals surface area contributed by atoms with Gasteiger partial charge in [0.2, 0.25) is 0 Å². The molecule has 0 atom stereocenters. The maximum absolute atomic E-state index is 12.4. The highest BCUT2D eigenvalue weighted by atomic mass is 32.2. The van der Waals surface area contributed by atoms with E-state index in [0.717, 1.165) is 15.4 Å². The molecule has 1 aromatic carbocycles. The van der Waals surface area contributed by atoms with E-state index in [1.54, 1.807) is 18.2 Å². The van der Waals surface area contributed by atoms with Gasteiger partial charge in [-0.25, -0.2) is 0 Å². The van der Waals surface area contributed by atoms with E-state index in [9.17, 15) is 9.59 Å². The minimum atomic E-state index is -0.350. The Labute approximate surface area is 147 Å². The maximum Gasteiger partial charge on any atom is 0.285 e. The van der Waals surface area contributed by atoms with Gasteiger partial charge in [0.25, 0.3) is 11.8 Å².